The molecule has 0 fully saturated rings. The largest absolute Gasteiger partial charge is 0.348 e. The third-order valence-electron chi connectivity index (χ3n) is 4.54. The highest BCUT2D eigenvalue weighted by Gasteiger charge is 2.21. The molecule has 2 N–H and O–H groups in total. The second-order valence-corrected chi connectivity index (χ2v) is 6.73. The van der Waals surface area contributed by atoms with Crippen LogP contribution in [0.5, 0.6) is 0 Å². The molecule has 0 unspecified atom stereocenters. The molecule has 128 valence electrons. The molecule has 0 spiro atoms. The van der Waals surface area contributed by atoms with Gasteiger partial charge in [0.2, 0.25) is 5.91 Å². The van der Waals surface area contributed by atoms with Gasteiger partial charge in [-0.15, -0.1) is 0 Å². The van der Waals surface area contributed by atoms with Gasteiger partial charge in [-0.3, -0.25) is 9.48 Å². The van der Waals surface area contributed by atoms with Crippen molar-refractivity contribution in [2.45, 2.75) is 51.7 Å². The van der Waals surface area contributed by atoms with Crippen LogP contribution in [0.3, 0.4) is 0 Å². The van der Waals surface area contributed by atoms with Gasteiger partial charge in [-0.1, -0.05) is 24.3 Å². The summed E-state index contributed by atoms with van der Waals surface area (Å²) < 4.78 is 1.91. The van der Waals surface area contributed by atoms with Crippen molar-refractivity contribution in [2.75, 3.05) is 6.54 Å². The molecule has 0 saturated carbocycles. The number of nitrogens with zero attached hydrogens (tertiary/aromatic N) is 2. The summed E-state index contributed by atoms with van der Waals surface area (Å²) in [4.78, 5) is 12.3. The fourth-order valence-electron chi connectivity index (χ4n) is 3.33. The Morgan fingerprint density at radius 1 is 1.42 bits per heavy atom. The van der Waals surface area contributed by atoms with Crippen LogP contribution in [0.1, 0.15) is 42.5 Å². The Morgan fingerprint density at radius 2 is 2.25 bits per heavy atom. The lowest BCUT2D eigenvalue weighted by Gasteiger charge is -2.26. The van der Waals surface area contributed by atoms with E-state index in [2.05, 4.69) is 46.9 Å². The predicted molar refractivity (Wildman–Crippen MR) is 94.7 cm³/mol. The molecule has 0 saturated heterocycles. The van der Waals surface area contributed by atoms with Gasteiger partial charge in [0.1, 0.15) is 0 Å². The molecular formula is C19H26N4O. The smallest absolute Gasteiger partial charge is 0.234 e. The van der Waals surface area contributed by atoms with E-state index in [4.69, 9.17) is 0 Å². The topological polar surface area (TPSA) is 59.0 Å². The average molecular weight is 326 g/mol. The van der Waals surface area contributed by atoms with Crippen LogP contribution in [0.25, 0.3) is 0 Å². The first kappa shape index (κ1) is 16.7. The van der Waals surface area contributed by atoms with Gasteiger partial charge in [-0.25, -0.2) is 0 Å². The number of aryl methyl sites for hydroxylation is 2. The highest BCUT2D eigenvalue weighted by molar-refractivity contribution is 5.78. The van der Waals surface area contributed by atoms with Crippen molar-refractivity contribution in [3.63, 3.8) is 0 Å². The van der Waals surface area contributed by atoms with E-state index in [1.54, 1.807) is 0 Å². The lowest BCUT2D eigenvalue weighted by molar-refractivity contribution is -0.121. The minimum absolute atomic E-state index is 0.0557. The molecule has 1 aliphatic carbocycles. The summed E-state index contributed by atoms with van der Waals surface area (Å²) in [5.74, 6) is 0.0557. The second kappa shape index (κ2) is 7.62. The highest BCUT2D eigenvalue weighted by atomic mass is 16.2. The molecule has 1 heterocycles. The predicted octanol–water partition coefficient (Wildman–Crippen LogP) is 2.36. The Hall–Kier alpha value is -2.14. The summed E-state index contributed by atoms with van der Waals surface area (Å²) in [6.45, 7) is 5.19. The molecule has 2 atom stereocenters. The molecule has 5 heteroatoms. The summed E-state index contributed by atoms with van der Waals surface area (Å²) in [5, 5.41) is 10.7. The zero-order valence-electron chi connectivity index (χ0n) is 14.5. The molecule has 1 aromatic carbocycles. The van der Waals surface area contributed by atoms with E-state index >= 15 is 0 Å². The van der Waals surface area contributed by atoms with Crippen molar-refractivity contribution in [2.24, 2.45) is 0 Å². The summed E-state index contributed by atoms with van der Waals surface area (Å²) in [7, 11) is 0. The minimum Gasteiger partial charge on any atom is -0.348 e. The van der Waals surface area contributed by atoms with Gasteiger partial charge >= 0.3 is 0 Å². The summed E-state index contributed by atoms with van der Waals surface area (Å²) >= 11 is 0. The van der Waals surface area contributed by atoms with Gasteiger partial charge in [-0.2, -0.15) is 5.10 Å². The monoisotopic (exact) mass is 326 g/mol. The van der Waals surface area contributed by atoms with Crippen molar-refractivity contribution >= 4 is 5.91 Å². The quantitative estimate of drug-likeness (QED) is 0.857. The maximum absolute atomic E-state index is 12.3. The van der Waals surface area contributed by atoms with Crippen LogP contribution in [0.2, 0.25) is 0 Å². The Balaban J connectivity index is 1.48. The second-order valence-electron chi connectivity index (χ2n) is 6.73. The van der Waals surface area contributed by atoms with Crippen molar-refractivity contribution < 1.29 is 4.79 Å². The number of carbonyl (C=O) groups excluding carboxylic acids is 1. The SMILES string of the molecule is Cc1cnn(C[C@H](C)NCC(=O)N[C@@H]2CCCc3ccccc32)c1. The average Bonchev–Trinajstić information content (AvgIpc) is 2.98. The van der Waals surface area contributed by atoms with Gasteiger partial charge < -0.3 is 10.6 Å². The van der Waals surface area contributed by atoms with Crippen molar-refractivity contribution in [1.29, 1.82) is 0 Å². The molecule has 0 aliphatic heterocycles. The molecule has 3 rings (SSSR count). The maximum atomic E-state index is 12.3. The molecule has 1 aromatic heterocycles. The number of hydrogen-bond acceptors (Lipinski definition) is 3. The molecule has 1 amide bonds. The summed E-state index contributed by atoms with van der Waals surface area (Å²) in [5.41, 5.74) is 3.79. The fraction of sp³-hybridized carbons (Fsp3) is 0.474. The Morgan fingerprint density at radius 3 is 3.04 bits per heavy atom. The van der Waals surface area contributed by atoms with Crippen LogP contribution in [0, 0.1) is 6.92 Å². The number of benzene rings is 1. The standard InChI is InChI=1S/C19H26N4O/c1-14-10-21-23(12-14)13-15(2)20-11-19(24)22-18-9-5-7-16-6-3-4-8-17(16)18/h3-4,6,8,10,12,15,18,20H,5,7,9,11,13H2,1-2H3,(H,22,24)/t15-,18+/m0/s1. The van der Waals surface area contributed by atoms with Gasteiger partial charge in [-0.05, 0) is 49.8 Å². The number of nitrogens with one attached hydrogen (secondary N) is 2. The van der Waals surface area contributed by atoms with Crippen LogP contribution >= 0.6 is 0 Å². The van der Waals surface area contributed by atoms with E-state index in [-0.39, 0.29) is 18.0 Å². The number of aromatic nitrogens is 2. The van der Waals surface area contributed by atoms with E-state index in [9.17, 15) is 4.79 Å². The Labute approximate surface area is 143 Å². The molecule has 24 heavy (non-hydrogen) atoms. The van der Waals surface area contributed by atoms with Gasteiger partial charge in [0.25, 0.3) is 0 Å². The third-order valence-corrected chi connectivity index (χ3v) is 4.54. The van der Waals surface area contributed by atoms with E-state index in [0.29, 0.717) is 6.54 Å². The Bertz CT molecular complexity index is 694. The molecule has 5 nitrogen and oxygen atoms in total. The third kappa shape index (κ3) is 4.23. The highest BCUT2D eigenvalue weighted by Crippen LogP contribution is 2.29. The number of hydrogen-bond donors (Lipinski definition) is 2. The molecule has 2 aromatic rings. The van der Waals surface area contributed by atoms with E-state index in [0.717, 1.165) is 31.4 Å². The van der Waals surface area contributed by atoms with Crippen molar-refractivity contribution in [3.8, 4) is 0 Å². The van der Waals surface area contributed by atoms with Gasteiger partial charge in [0.15, 0.2) is 0 Å². The van der Waals surface area contributed by atoms with Crippen molar-refractivity contribution in [3.05, 3.63) is 53.3 Å². The fourth-order valence-corrected chi connectivity index (χ4v) is 3.33. The minimum atomic E-state index is 0.0557. The van der Waals surface area contributed by atoms with Gasteiger partial charge in [0.05, 0.1) is 25.3 Å². The summed E-state index contributed by atoms with van der Waals surface area (Å²) in [6, 6.07) is 8.76. The first-order valence-corrected chi connectivity index (χ1v) is 8.71. The van der Waals surface area contributed by atoms with Crippen LogP contribution in [0.15, 0.2) is 36.7 Å². The number of fused-ring (bicyclic) bond motifs is 1. The number of rotatable bonds is 6. The number of amides is 1. The summed E-state index contributed by atoms with van der Waals surface area (Å²) in [6.07, 6.45) is 7.12. The molecule has 0 radical (unpaired) electrons. The normalized spacial score (nSPS) is 18.0. The zero-order valence-corrected chi connectivity index (χ0v) is 14.5. The van der Waals surface area contributed by atoms with Crippen molar-refractivity contribution in [1.82, 2.24) is 20.4 Å². The first-order valence-electron chi connectivity index (χ1n) is 8.71. The lowest BCUT2D eigenvalue weighted by atomic mass is 9.88. The lowest BCUT2D eigenvalue weighted by Crippen LogP contribution is -2.41. The Kier molecular flexibility index (Phi) is 5.30. The van der Waals surface area contributed by atoms with E-state index in [1.807, 2.05) is 24.0 Å². The molecule has 1 aliphatic rings. The molecular weight excluding hydrogens is 300 g/mol. The van der Waals surface area contributed by atoms with Crippen LogP contribution < -0.4 is 10.6 Å². The van der Waals surface area contributed by atoms with Gasteiger partial charge in [0, 0.05) is 12.2 Å². The first-order chi connectivity index (χ1) is 11.6. The number of carbonyl (C=O) groups is 1. The molecule has 0 bridgehead atoms. The van der Waals surface area contributed by atoms with Crippen LogP contribution in [-0.4, -0.2) is 28.3 Å². The van der Waals surface area contributed by atoms with E-state index in [1.165, 1.54) is 11.1 Å². The van der Waals surface area contributed by atoms with Crippen LogP contribution in [-0.2, 0) is 17.8 Å². The van der Waals surface area contributed by atoms with E-state index < -0.39 is 0 Å². The maximum Gasteiger partial charge on any atom is 0.234 e. The zero-order chi connectivity index (χ0) is 16.9. The van der Waals surface area contributed by atoms with Crippen LogP contribution in [0.4, 0.5) is 0 Å².